The van der Waals surface area contributed by atoms with Crippen molar-refractivity contribution >= 4 is 11.9 Å². The van der Waals surface area contributed by atoms with E-state index in [1.807, 2.05) is 42.5 Å². The summed E-state index contributed by atoms with van der Waals surface area (Å²) >= 11 is 0. The molecule has 164 valence electrons. The zero-order valence-corrected chi connectivity index (χ0v) is 17.6. The smallest absolute Gasteiger partial charge is 0.342 e. The van der Waals surface area contributed by atoms with E-state index < -0.39 is 18.0 Å². The zero-order chi connectivity index (χ0) is 22.6. The van der Waals surface area contributed by atoms with E-state index >= 15 is 0 Å². The molecule has 6 nitrogen and oxygen atoms in total. The third-order valence-electron chi connectivity index (χ3n) is 4.73. The van der Waals surface area contributed by atoms with Gasteiger partial charge in [-0.2, -0.15) is 0 Å². The summed E-state index contributed by atoms with van der Waals surface area (Å²) in [6.07, 6.45) is 7.86. The van der Waals surface area contributed by atoms with E-state index in [0.717, 1.165) is 5.56 Å². The number of phenols is 1. The van der Waals surface area contributed by atoms with Gasteiger partial charge < -0.3 is 19.9 Å². The molecule has 0 saturated carbocycles. The van der Waals surface area contributed by atoms with Crippen LogP contribution in [0.4, 0.5) is 0 Å². The number of hydrogen-bond acceptors (Lipinski definition) is 5. The minimum Gasteiger partial charge on any atom is -0.507 e. The second kappa shape index (κ2) is 12.1. The number of nitrogens with one attached hydrogen (secondary N) is 1. The van der Waals surface area contributed by atoms with Gasteiger partial charge >= 0.3 is 5.97 Å². The zero-order valence-electron chi connectivity index (χ0n) is 17.6. The van der Waals surface area contributed by atoms with E-state index in [2.05, 4.69) is 17.2 Å². The van der Waals surface area contributed by atoms with Crippen molar-refractivity contribution in [1.29, 1.82) is 0 Å². The number of hydrogen-bond donors (Lipinski definition) is 2. The fourth-order valence-electron chi connectivity index (χ4n) is 3.11. The molecule has 0 aliphatic carbocycles. The number of fused-ring (bicyclic) bond motifs is 1. The molecule has 0 aromatic heterocycles. The normalized spacial score (nSPS) is 17.6. The number of carbonyl (C=O) groups excluding carboxylic acids is 2. The molecule has 32 heavy (non-hydrogen) atoms. The first-order chi connectivity index (χ1) is 15.6. The van der Waals surface area contributed by atoms with Gasteiger partial charge in [0, 0.05) is 30.5 Å². The summed E-state index contributed by atoms with van der Waals surface area (Å²) in [5, 5.41) is 12.8. The van der Waals surface area contributed by atoms with Gasteiger partial charge in [0.2, 0.25) is 0 Å². The van der Waals surface area contributed by atoms with Crippen LogP contribution in [0.25, 0.3) is 0 Å². The Hall–Kier alpha value is -3.82. The molecular formula is C26H25NO5. The molecule has 1 aliphatic heterocycles. The van der Waals surface area contributed by atoms with Gasteiger partial charge in [-0.15, -0.1) is 0 Å². The van der Waals surface area contributed by atoms with Crippen molar-refractivity contribution < 1.29 is 24.2 Å². The number of cyclic esters (lactones) is 1. The fourth-order valence-corrected chi connectivity index (χ4v) is 3.11. The first kappa shape index (κ1) is 22.9. The van der Waals surface area contributed by atoms with Crippen LogP contribution in [0.15, 0.2) is 73.0 Å². The predicted molar refractivity (Wildman–Crippen MR) is 121 cm³/mol. The van der Waals surface area contributed by atoms with Crippen molar-refractivity contribution in [2.75, 3.05) is 13.2 Å². The molecular weight excluding hydrogens is 406 g/mol. The quantitative estimate of drug-likeness (QED) is 0.441. The molecule has 3 rings (SSSR count). The Balaban J connectivity index is 1.61. The number of esters is 1. The first-order valence-corrected chi connectivity index (χ1v) is 10.4. The van der Waals surface area contributed by atoms with Crippen molar-refractivity contribution in [2.45, 2.75) is 25.4 Å². The lowest BCUT2D eigenvalue weighted by Gasteiger charge is -2.18. The molecule has 2 aromatic rings. The maximum absolute atomic E-state index is 12.8. The molecule has 1 amide bonds. The number of phenolic OH excluding ortho intramolecular Hbond substituents is 1. The van der Waals surface area contributed by atoms with Crippen LogP contribution in [-0.4, -0.2) is 36.3 Å². The van der Waals surface area contributed by atoms with Crippen molar-refractivity contribution in [2.24, 2.45) is 0 Å². The molecule has 0 saturated heterocycles. The van der Waals surface area contributed by atoms with E-state index in [0.29, 0.717) is 38.0 Å². The summed E-state index contributed by atoms with van der Waals surface area (Å²) in [6, 6.07) is 14.2. The van der Waals surface area contributed by atoms with Crippen molar-refractivity contribution in [3.05, 3.63) is 89.6 Å². The highest BCUT2D eigenvalue weighted by Crippen LogP contribution is 2.24. The molecule has 1 atom stereocenters. The van der Waals surface area contributed by atoms with E-state index in [4.69, 9.17) is 9.47 Å². The number of benzene rings is 2. The van der Waals surface area contributed by atoms with Gasteiger partial charge in [-0.25, -0.2) is 4.79 Å². The number of ether oxygens (including phenoxy) is 2. The SMILES string of the molecule is O=C(C#Cc1ccccc1)N/C=C/C[C@H]1CCOC/C=C/Cc2cccc(O)c2C(=O)O1. The topological polar surface area (TPSA) is 84.9 Å². The molecule has 1 aliphatic rings. The van der Waals surface area contributed by atoms with Gasteiger partial charge in [-0.3, -0.25) is 4.79 Å². The summed E-state index contributed by atoms with van der Waals surface area (Å²) in [7, 11) is 0. The Labute approximate surface area is 187 Å². The lowest BCUT2D eigenvalue weighted by Crippen LogP contribution is -2.21. The molecule has 0 radical (unpaired) electrons. The third kappa shape index (κ3) is 7.15. The van der Waals surface area contributed by atoms with Crippen molar-refractivity contribution in [3.8, 4) is 17.6 Å². The van der Waals surface area contributed by atoms with Crippen LogP contribution >= 0.6 is 0 Å². The second-order valence-corrected chi connectivity index (χ2v) is 7.11. The van der Waals surface area contributed by atoms with Gasteiger partial charge in [0.1, 0.15) is 17.4 Å². The summed E-state index contributed by atoms with van der Waals surface area (Å²) in [4.78, 5) is 24.6. The predicted octanol–water partition coefficient (Wildman–Crippen LogP) is 3.51. The number of rotatable bonds is 3. The maximum Gasteiger partial charge on any atom is 0.342 e. The Morgan fingerprint density at radius 1 is 1.16 bits per heavy atom. The minimum atomic E-state index is -0.580. The molecule has 1 heterocycles. The summed E-state index contributed by atoms with van der Waals surface area (Å²) in [5.41, 5.74) is 1.62. The average molecular weight is 431 g/mol. The monoisotopic (exact) mass is 431 g/mol. The van der Waals surface area contributed by atoms with Gasteiger partial charge in [0.25, 0.3) is 5.91 Å². The van der Waals surface area contributed by atoms with Crippen LogP contribution in [0.5, 0.6) is 5.75 Å². The fraction of sp³-hybridized carbons (Fsp3) is 0.231. The van der Waals surface area contributed by atoms with Gasteiger partial charge in [-0.05, 0) is 30.2 Å². The highest BCUT2D eigenvalue weighted by molar-refractivity contribution is 5.95. The summed E-state index contributed by atoms with van der Waals surface area (Å²) in [6.45, 7) is 0.874. The van der Waals surface area contributed by atoms with Crippen LogP contribution in [0.3, 0.4) is 0 Å². The highest BCUT2D eigenvalue weighted by Gasteiger charge is 2.21. The summed E-state index contributed by atoms with van der Waals surface area (Å²) < 4.78 is 11.2. The Kier molecular flexibility index (Phi) is 8.67. The molecule has 0 bridgehead atoms. The van der Waals surface area contributed by atoms with Crippen molar-refractivity contribution in [3.63, 3.8) is 0 Å². The molecule has 0 unspecified atom stereocenters. The first-order valence-electron chi connectivity index (χ1n) is 10.4. The van der Waals surface area contributed by atoms with Crippen LogP contribution in [-0.2, 0) is 20.7 Å². The van der Waals surface area contributed by atoms with Gasteiger partial charge in [0.05, 0.1) is 13.2 Å². The molecule has 2 aromatic carbocycles. The summed E-state index contributed by atoms with van der Waals surface area (Å²) in [5.74, 6) is 4.18. The third-order valence-corrected chi connectivity index (χ3v) is 4.73. The maximum atomic E-state index is 12.8. The molecule has 0 spiro atoms. The minimum absolute atomic E-state index is 0.104. The molecule has 2 N–H and O–H groups in total. The van der Waals surface area contributed by atoms with Crippen LogP contribution in [0.1, 0.15) is 34.3 Å². The lowest BCUT2D eigenvalue weighted by atomic mass is 10.0. The van der Waals surface area contributed by atoms with E-state index in [-0.39, 0.29) is 11.3 Å². The number of carbonyl (C=O) groups is 2. The van der Waals surface area contributed by atoms with Crippen LogP contribution in [0.2, 0.25) is 0 Å². The molecule has 0 fully saturated rings. The average Bonchev–Trinajstić information content (AvgIpc) is 2.79. The van der Waals surface area contributed by atoms with E-state index in [1.165, 1.54) is 12.3 Å². The lowest BCUT2D eigenvalue weighted by molar-refractivity contribution is -0.114. The Morgan fingerprint density at radius 2 is 2.00 bits per heavy atom. The van der Waals surface area contributed by atoms with E-state index in [9.17, 15) is 14.7 Å². The highest BCUT2D eigenvalue weighted by atomic mass is 16.5. The number of allylic oxidation sites excluding steroid dienone is 1. The largest absolute Gasteiger partial charge is 0.507 e. The number of amides is 1. The van der Waals surface area contributed by atoms with E-state index in [1.54, 1.807) is 18.2 Å². The van der Waals surface area contributed by atoms with Crippen LogP contribution < -0.4 is 5.32 Å². The van der Waals surface area contributed by atoms with Crippen molar-refractivity contribution in [1.82, 2.24) is 5.32 Å². The Bertz CT molecular complexity index is 1050. The second-order valence-electron chi connectivity index (χ2n) is 7.11. The van der Waals surface area contributed by atoms with Gasteiger partial charge in [0.15, 0.2) is 0 Å². The number of aromatic hydroxyl groups is 1. The molecule has 6 heteroatoms. The Morgan fingerprint density at radius 3 is 2.84 bits per heavy atom. The standard InChI is InChI=1S/C26H25NO5/c28-23-13-6-11-21-10-4-5-18-31-19-16-22(32-26(30)25(21)23)12-7-17-27-24(29)15-14-20-8-2-1-3-9-20/h1-9,11,13,17,22,28H,10,12,16,18-19H2,(H,27,29)/b5-4+,17-7+/t22-/m0/s1. The van der Waals surface area contributed by atoms with Gasteiger partial charge in [-0.1, -0.05) is 54.5 Å². The van der Waals surface area contributed by atoms with Crippen LogP contribution in [0, 0.1) is 11.8 Å².